The van der Waals surface area contributed by atoms with E-state index in [0.29, 0.717) is 17.9 Å². The van der Waals surface area contributed by atoms with Crippen LogP contribution in [0.4, 0.5) is 4.39 Å². The summed E-state index contributed by atoms with van der Waals surface area (Å²) in [6, 6.07) is 14.3. The van der Waals surface area contributed by atoms with Crippen LogP contribution in [-0.4, -0.2) is 18.0 Å². The fraction of sp³-hybridized carbons (Fsp3) is 0.238. The normalized spacial score (nSPS) is 10.6. The van der Waals surface area contributed by atoms with Crippen LogP contribution in [0.15, 0.2) is 52.9 Å². The number of amides is 1. The van der Waals surface area contributed by atoms with E-state index in [0.717, 1.165) is 17.0 Å². The molecule has 0 aliphatic heterocycles. The molecule has 140 valence electrons. The lowest BCUT2D eigenvalue weighted by molar-refractivity contribution is -0.121. The topological polar surface area (TPSA) is 64.4 Å². The van der Waals surface area contributed by atoms with Crippen LogP contribution in [-0.2, 0) is 17.8 Å². The third kappa shape index (κ3) is 4.73. The van der Waals surface area contributed by atoms with Crippen LogP contribution >= 0.6 is 0 Å². The van der Waals surface area contributed by atoms with Gasteiger partial charge in [0.2, 0.25) is 5.91 Å². The molecular formula is C21H21FN2O3. The number of hydrogen-bond donors (Lipinski definition) is 1. The molecule has 0 radical (unpaired) electrons. The number of ether oxygens (including phenoxy) is 1. The summed E-state index contributed by atoms with van der Waals surface area (Å²) in [5.74, 6) is 0.826. The molecule has 27 heavy (non-hydrogen) atoms. The van der Waals surface area contributed by atoms with Gasteiger partial charge in [0.15, 0.2) is 23.2 Å². The van der Waals surface area contributed by atoms with Crippen LogP contribution in [0.3, 0.4) is 0 Å². The third-order valence-electron chi connectivity index (χ3n) is 4.15. The summed E-state index contributed by atoms with van der Waals surface area (Å²) in [7, 11) is 1.41. The zero-order chi connectivity index (χ0) is 19.2. The van der Waals surface area contributed by atoms with Gasteiger partial charge >= 0.3 is 0 Å². The lowest BCUT2D eigenvalue weighted by atomic mass is 10.1. The van der Waals surface area contributed by atoms with Gasteiger partial charge in [0.05, 0.1) is 12.8 Å². The van der Waals surface area contributed by atoms with E-state index in [1.165, 1.54) is 19.2 Å². The summed E-state index contributed by atoms with van der Waals surface area (Å²) in [6.45, 7) is 2.13. The fourth-order valence-corrected chi connectivity index (χ4v) is 2.75. The average Bonchev–Trinajstić information content (AvgIpc) is 3.06. The first-order valence-electron chi connectivity index (χ1n) is 8.67. The molecule has 5 nitrogen and oxygen atoms in total. The first-order chi connectivity index (χ1) is 13.1. The van der Waals surface area contributed by atoms with E-state index in [2.05, 4.69) is 10.3 Å². The molecule has 1 heterocycles. The van der Waals surface area contributed by atoms with Gasteiger partial charge in [-0.05, 0) is 24.6 Å². The number of methoxy groups -OCH3 is 1. The maximum absolute atomic E-state index is 13.7. The third-order valence-corrected chi connectivity index (χ3v) is 4.15. The predicted octanol–water partition coefficient (Wildman–Crippen LogP) is 4.05. The van der Waals surface area contributed by atoms with Gasteiger partial charge in [0, 0.05) is 24.9 Å². The van der Waals surface area contributed by atoms with Gasteiger partial charge in [-0.25, -0.2) is 9.37 Å². The minimum Gasteiger partial charge on any atom is -0.494 e. The molecule has 2 aromatic carbocycles. The first kappa shape index (κ1) is 18.6. The second kappa shape index (κ2) is 8.49. The van der Waals surface area contributed by atoms with Crippen molar-refractivity contribution in [2.45, 2.75) is 26.3 Å². The number of carbonyl (C=O) groups excluding carboxylic acids is 1. The van der Waals surface area contributed by atoms with Crippen LogP contribution < -0.4 is 10.1 Å². The Hall–Kier alpha value is -3.15. The van der Waals surface area contributed by atoms with Crippen LogP contribution in [0.1, 0.15) is 23.6 Å². The quantitative estimate of drug-likeness (QED) is 0.683. The number of carbonyl (C=O) groups is 1. The van der Waals surface area contributed by atoms with E-state index in [4.69, 9.17) is 9.15 Å². The summed E-state index contributed by atoms with van der Waals surface area (Å²) in [5.41, 5.74) is 2.42. The van der Waals surface area contributed by atoms with Gasteiger partial charge in [-0.3, -0.25) is 4.79 Å². The molecule has 3 rings (SSSR count). The Labute approximate surface area is 157 Å². The van der Waals surface area contributed by atoms with E-state index in [9.17, 15) is 9.18 Å². The maximum atomic E-state index is 13.7. The number of aromatic nitrogens is 1. The zero-order valence-corrected chi connectivity index (χ0v) is 15.3. The van der Waals surface area contributed by atoms with Crippen molar-refractivity contribution < 1.29 is 18.3 Å². The summed E-state index contributed by atoms with van der Waals surface area (Å²) in [5, 5.41) is 2.77. The van der Waals surface area contributed by atoms with Gasteiger partial charge in [0.1, 0.15) is 0 Å². The smallest absolute Gasteiger partial charge is 0.220 e. The number of oxazole rings is 1. The molecule has 3 aromatic rings. The molecule has 1 N–H and O–H groups in total. The lowest BCUT2D eigenvalue weighted by Gasteiger charge is -2.07. The number of aryl methyl sites for hydroxylation is 2. The first-order valence-corrected chi connectivity index (χ1v) is 8.67. The molecule has 0 aliphatic carbocycles. The fourth-order valence-electron chi connectivity index (χ4n) is 2.75. The Morgan fingerprint density at radius 2 is 2.00 bits per heavy atom. The Balaban J connectivity index is 1.53. The lowest BCUT2D eigenvalue weighted by Crippen LogP contribution is -2.23. The van der Waals surface area contributed by atoms with E-state index >= 15 is 0 Å². The Bertz CT molecular complexity index is 922. The number of hydrogen-bond acceptors (Lipinski definition) is 4. The molecular weight excluding hydrogens is 347 g/mol. The van der Waals surface area contributed by atoms with Crippen molar-refractivity contribution in [1.82, 2.24) is 10.3 Å². The monoisotopic (exact) mass is 368 g/mol. The number of nitrogens with zero attached hydrogens (tertiary/aromatic N) is 1. The standard InChI is InChI=1S/C21H21FN2O3/c1-14-21(16-6-4-3-5-7-16)27-20(24-14)11-10-19(25)23-13-15-8-9-18(26-2)17(22)12-15/h3-9,12H,10-11,13H2,1-2H3,(H,23,25). The highest BCUT2D eigenvalue weighted by Crippen LogP contribution is 2.24. The largest absolute Gasteiger partial charge is 0.494 e. The minimum absolute atomic E-state index is 0.150. The molecule has 0 saturated carbocycles. The number of halogens is 1. The van der Waals surface area contributed by atoms with Crippen molar-refractivity contribution in [3.8, 4) is 17.1 Å². The van der Waals surface area contributed by atoms with Gasteiger partial charge in [0.25, 0.3) is 0 Å². The van der Waals surface area contributed by atoms with Crippen molar-refractivity contribution in [2.75, 3.05) is 7.11 Å². The minimum atomic E-state index is -0.451. The molecule has 6 heteroatoms. The molecule has 1 aromatic heterocycles. The number of nitrogens with one attached hydrogen (secondary N) is 1. The molecule has 0 aliphatic rings. The Morgan fingerprint density at radius 3 is 2.70 bits per heavy atom. The molecule has 0 fully saturated rings. The van der Waals surface area contributed by atoms with Gasteiger partial charge in [-0.2, -0.15) is 0 Å². The van der Waals surface area contributed by atoms with Crippen molar-refractivity contribution in [3.05, 3.63) is 71.5 Å². The van der Waals surface area contributed by atoms with Crippen LogP contribution in [0.2, 0.25) is 0 Å². The van der Waals surface area contributed by atoms with Crippen LogP contribution in [0, 0.1) is 12.7 Å². The maximum Gasteiger partial charge on any atom is 0.220 e. The molecule has 0 unspecified atom stereocenters. The van der Waals surface area contributed by atoms with Crippen molar-refractivity contribution >= 4 is 5.91 Å². The zero-order valence-electron chi connectivity index (χ0n) is 15.3. The second-order valence-electron chi connectivity index (χ2n) is 6.13. The van der Waals surface area contributed by atoms with E-state index in [1.807, 2.05) is 37.3 Å². The highest BCUT2D eigenvalue weighted by atomic mass is 19.1. The van der Waals surface area contributed by atoms with Crippen molar-refractivity contribution in [3.63, 3.8) is 0 Å². The van der Waals surface area contributed by atoms with Crippen LogP contribution in [0.5, 0.6) is 5.75 Å². The van der Waals surface area contributed by atoms with E-state index in [-0.39, 0.29) is 24.6 Å². The second-order valence-corrected chi connectivity index (χ2v) is 6.13. The average molecular weight is 368 g/mol. The highest BCUT2D eigenvalue weighted by Gasteiger charge is 2.13. The summed E-state index contributed by atoms with van der Waals surface area (Å²) < 4.78 is 24.3. The Kier molecular flexibility index (Phi) is 5.86. The van der Waals surface area contributed by atoms with Gasteiger partial charge in [-0.15, -0.1) is 0 Å². The van der Waals surface area contributed by atoms with Crippen molar-refractivity contribution in [2.24, 2.45) is 0 Å². The predicted molar refractivity (Wildman–Crippen MR) is 99.8 cm³/mol. The molecule has 0 atom stereocenters. The molecule has 0 saturated heterocycles. The van der Waals surface area contributed by atoms with Gasteiger partial charge in [-0.1, -0.05) is 36.4 Å². The molecule has 0 bridgehead atoms. The van der Waals surface area contributed by atoms with Gasteiger partial charge < -0.3 is 14.5 Å². The summed E-state index contributed by atoms with van der Waals surface area (Å²) in [6.07, 6.45) is 0.642. The Morgan fingerprint density at radius 1 is 1.22 bits per heavy atom. The summed E-state index contributed by atoms with van der Waals surface area (Å²) in [4.78, 5) is 16.5. The molecule has 1 amide bonds. The van der Waals surface area contributed by atoms with E-state index in [1.54, 1.807) is 6.07 Å². The number of benzene rings is 2. The highest BCUT2D eigenvalue weighted by molar-refractivity contribution is 5.76. The van der Waals surface area contributed by atoms with E-state index < -0.39 is 5.82 Å². The SMILES string of the molecule is COc1ccc(CNC(=O)CCc2nc(C)c(-c3ccccc3)o2)cc1F. The molecule has 0 spiro atoms. The summed E-state index contributed by atoms with van der Waals surface area (Å²) >= 11 is 0. The van der Waals surface area contributed by atoms with Crippen molar-refractivity contribution in [1.29, 1.82) is 0 Å². The number of rotatable bonds is 7. The van der Waals surface area contributed by atoms with Crippen LogP contribution in [0.25, 0.3) is 11.3 Å².